The molecule has 9 nitrogen and oxygen atoms in total. The van der Waals surface area contributed by atoms with Gasteiger partial charge in [-0.1, -0.05) is 6.92 Å². The highest BCUT2D eigenvalue weighted by Gasteiger charge is 2.24. The van der Waals surface area contributed by atoms with Gasteiger partial charge in [-0.25, -0.2) is 10.8 Å². The number of nitrogens with two attached hydrogens (primary N) is 1. The maximum Gasteiger partial charge on any atom is 0.287 e. The predicted molar refractivity (Wildman–Crippen MR) is 89.2 cm³/mol. The first kappa shape index (κ1) is 17.1. The lowest BCUT2D eigenvalue weighted by Gasteiger charge is -2.21. The standard InChI is InChI=1S/C14H23N7O2/c1-10(12-3-2-6-16-12)14(20-15)18-8-7-17-13-5-4-11(9-19-13)21(22)23/h4-5,9-10,12,16H,2-3,6-8,15H2,1H3,(H,17,19)(H,18,20). The molecule has 0 aliphatic carbocycles. The van der Waals surface area contributed by atoms with Crippen LogP contribution in [0, 0.1) is 16.0 Å². The molecule has 1 aliphatic rings. The second-order valence-corrected chi connectivity index (χ2v) is 5.49. The van der Waals surface area contributed by atoms with Crippen molar-refractivity contribution in [3.05, 3.63) is 28.4 Å². The predicted octanol–water partition coefficient (Wildman–Crippen LogP) is 0.652. The maximum absolute atomic E-state index is 10.6. The van der Waals surface area contributed by atoms with Gasteiger partial charge in [0.15, 0.2) is 0 Å². The summed E-state index contributed by atoms with van der Waals surface area (Å²) in [4.78, 5) is 18.6. The first-order chi connectivity index (χ1) is 11.1. The van der Waals surface area contributed by atoms with E-state index in [1.807, 2.05) is 0 Å². The Balaban J connectivity index is 1.80. The molecule has 126 valence electrons. The average Bonchev–Trinajstić information content (AvgIpc) is 3.09. The number of nitrogens with one attached hydrogen (secondary N) is 3. The maximum atomic E-state index is 10.6. The molecule has 0 spiro atoms. The molecule has 2 rings (SSSR count). The smallest absolute Gasteiger partial charge is 0.287 e. The van der Waals surface area contributed by atoms with Crippen molar-refractivity contribution in [3.8, 4) is 0 Å². The van der Waals surface area contributed by atoms with Crippen LogP contribution in [0.25, 0.3) is 0 Å². The summed E-state index contributed by atoms with van der Waals surface area (Å²) in [5.74, 6) is 7.17. The number of pyridine rings is 1. The fourth-order valence-electron chi connectivity index (χ4n) is 2.61. The Morgan fingerprint density at radius 2 is 2.48 bits per heavy atom. The number of hydrogen-bond acceptors (Lipinski definition) is 7. The van der Waals surface area contributed by atoms with E-state index in [1.54, 1.807) is 6.07 Å². The molecule has 9 heteroatoms. The van der Waals surface area contributed by atoms with Gasteiger partial charge in [0.25, 0.3) is 5.69 Å². The topological polar surface area (TPSA) is 130 Å². The SMILES string of the molecule is CC(C(=NCCNc1ccc([N+](=O)[O-])cn1)NN)C1CCCN1. The highest BCUT2D eigenvalue weighted by molar-refractivity contribution is 5.84. The van der Waals surface area contributed by atoms with Crippen LogP contribution < -0.4 is 21.9 Å². The van der Waals surface area contributed by atoms with Crippen molar-refractivity contribution in [2.45, 2.75) is 25.8 Å². The molecule has 1 aromatic heterocycles. The van der Waals surface area contributed by atoms with Crippen molar-refractivity contribution in [3.63, 3.8) is 0 Å². The van der Waals surface area contributed by atoms with Crippen LogP contribution >= 0.6 is 0 Å². The lowest BCUT2D eigenvalue weighted by Crippen LogP contribution is -2.43. The number of hydrogen-bond donors (Lipinski definition) is 4. The average molecular weight is 321 g/mol. The second kappa shape index (κ2) is 8.39. The van der Waals surface area contributed by atoms with Crippen molar-refractivity contribution < 1.29 is 4.92 Å². The largest absolute Gasteiger partial charge is 0.368 e. The molecule has 0 radical (unpaired) electrons. The van der Waals surface area contributed by atoms with Crippen LogP contribution in [0.2, 0.25) is 0 Å². The van der Waals surface area contributed by atoms with Crippen LogP contribution in [0.5, 0.6) is 0 Å². The van der Waals surface area contributed by atoms with Gasteiger partial charge in [-0.15, -0.1) is 0 Å². The fourth-order valence-corrected chi connectivity index (χ4v) is 2.61. The highest BCUT2D eigenvalue weighted by atomic mass is 16.6. The Morgan fingerprint density at radius 1 is 1.65 bits per heavy atom. The quantitative estimate of drug-likeness (QED) is 0.145. The molecular formula is C14H23N7O2. The van der Waals surface area contributed by atoms with Crippen LogP contribution in [0.4, 0.5) is 11.5 Å². The van der Waals surface area contributed by atoms with Gasteiger partial charge in [-0.2, -0.15) is 0 Å². The molecule has 0 saturated carbocycles. The monoisotopic (exact) mass is 321 g/mol. The molecule has 1 aliphatic heterocycles. The van der Waals surface area contributed by atoms with Crippen molar-refractivity contribution in [2.24, 2.45) is 16.8 Å². The molecule has 5 N–H and O–H groups in total. The Morgan fingerprint density at radius 3 is 3.04 bits per heavy atom. The molecule has 0 amide bonds. The summed E-state index contributed by atoms with van der Waals surface area (Å²) in [5, 5.41) is 17.1. The number of aromatic nitrogens is 1. The summed E-state index contributed by atoms with van der Waals surface area (Å²) in [6.45, 7) is 4.25. The molecule has 2 unspecified atom stereocenters. The van der Waals surface area contributed by atoms with Crippen LogP contribution in [0.3, 0.4) is 0 Å². The molecule has 2 heterocycles. The molecule has 1 saturated heterocycles. The van der Waals surface area contributed by atoms with Crippen molar-refractivity contribution >= 4 is 17.3 Å². The normalized spacial score (nSPS) is 19.4. The molecule has 0 bridgehead atoms. The third kappa shape index (κ3) is 4.86. The van der Waals surface area contributed by atoms with Crippen molar-refractivity contribution in [2.75, 3.05) is 25.0 Å². The number of anilines is 1. The number of amidine groups is 1. The van der Waals surface area contributed by atoms with Crippen LogP contribution in [0.1, 0.15) is 19.8 Å². The minimum absolute atomic E-state index is 0.0268. The van der Waals surface area contributed by atoms with E-state index in [0.717, 1.165) is 18.8 Å². The first-order valence-electron chi connectivity index (χ1n) is 7.70. The van der Waals surface area contributed by atoms with E-state index < -0.39 is 4.92 Å². The van der Waals surface area contributed by atoms with Gasteiger partial charge >= 0.3 is 0 Å². The van der Waals surface area contributed by atoms with Gasteiger partial charge in [0.1, 0.15) is 17.9 Å². The van der Waals surface area contributed by atoms with Gasteiger partial charge in [-0.05, 0) is 25.5 Å². The van der Waals surface area contributed by atoms with Gasteiger partial charge in [0, 0.05) is 24.6 Å². The Kier molecular flexibility index (Phi) is 6.24. The number of hydrazine groups is 1. The summed E-state index contributed by atoms with van der Waals surface area (Å²) in [5.41, 5.74) is 2.66. The minimum Gasteiger partial charge on any atom is -0.368 e. The zero-order valence-corrected chi connectivity index (χ0v) is 13.2. The van der Waals surface area contributed by atoms with Gasteiger partial charge in [0.05, 0.1) is 11.5 Å². The second-order valence-electron chi connectivity index (χ2n) is 5.49. The van der Waals surface area contributed by atoms with Crippen LogP contribution in [0.15, 0.2) is 23.3 Å². The number of rotatable bonds is 7. The Hall–Kier alpha value is -2.26. The molecule has 2 atom stereocenters. The van der Waals surface area contributed by atoms with E-state index in [2.05, 4.69) is 33.0 Å². The van der Waals surface area contributed by atoms with E-state index in [-0.39, 0.29) is 11.6 Å². The molecular weight excluding hydrogens is 298 g/mol. The van der Waals surface area contributed by atoms with Gasteiger partial charge in [0.2, 0.25) is 0 Å². The Bertz CT molecular complexity index is 541. The van der Waals surface area contributed by atoms with Crippen LogP contribution in [-0.4, -0.2) is 41.4 Å². The van der Waals surface area contributed by atoms with Crippen LogP contribution in [-0.2, 0) is 0 Å². The zero-order valence-electron chi connectivity index (χ0n) is 13.2. The third-order valence-electron chi connectivity index (χ3n) is 3.94. The molecule has 1 aromatic rings. The fraction of sp³-hybridized carbons (Fsp3) is 0.571. The first-order valence-corrected chi connectivity index (χ1v) is 7.70. The van der Waals surface area contributed by atoms with Gasteiger partial charge in [-0.3, -0.25) is 15.1 Å². The van der Waals surface area contributed by atoms with Crippen molar-refractivity contribution in [1.82, 2.24) is 15.7 Å². The minimum atomic E-state index is -0.473. The number of nitro groups is 1. The van der Waals surface area contributed by atoms with Crippen molar-refractivity contribution in [1.29, 1.82) is 0 Å². The number of nitrogens with zero attached hydrogens (tertiary/aromatic N) is 3. The Labute approximate surface area is 134 Å². The van der Waals surface area contributed by atoms with E-state index in [4.69, 9.17) is 5.84 Å². The summed E-state index contributed by atoms with van der Waals surface area (Å²) >= 11 is 0. The summed E-state index contributed by atoms with van der Waals surface area (Å²) in [6.07, 6.45) is 3.54. The van der Waals surface area contributed by atoms with E-state index in [0.29, 0.717) is 24.9 Å². The molecule has 1 fully saturated rings. The lowest BCUT2D eigenvalue weighted by atomic mass is 9.99. The summed E-state index contributed by atoms with van der Waals surface area (Å²) in [6, 6.07) is 3.41. The van der Waals surface area contributed by atoms with Gasteiger partial charge < -0.3 is 16.1 Å². The lowest BCUT2D eigenvalue weighted by molar-refractivity contribution is -0.385. The molecule has 23 heavy (non-hydrogen) atoms. The summed E-state index contributed by atoms with van der Waals surface area (Å²) < 4.78 is 0. The van der Waals surface area contributed by atoms with E-state index >= 15 is 0 Å². The highest BCUT2D eigenvalue weighted by Crippen LogP contribution is 2.15. The summed E-state index contributed by atoms with van der Waals surface area (Å²) in [7, 11) is 0. The van der Waals surface area contributed by atoms with E-state index in [1.165, 1.54) is 18.7 Å². The number of aliphatic imine (C=N–C) groups is 1. The van der Waals surface area contributed by atoms with E-state index in [9.17, 15) is 10.1 Å². The zero-order chi connectivity index (χ0) is 16.7. The molecule has 0 aromatic carbocycles. The third-order valence-corrected chi connectivity index (χ3v) is 3.94.